The molecule has 3 nitrogen and oxygen atoms in total. The molecule has 0 N–H and O–H groups in total. The van der Waals surface area contributed by atoms with E-state index in [-0.39, 0.29) is 9.52 Å². The van der Waals surface area contributed by atoms with Crippen LogP contribution in [-0.4, -0.2) is 36.3 Å². The fourth-order valence-corrected chi connectivity index (χ4v) is 1.51. The van der Waals surface area contributed by atoms with Crippen LogP contribution in [0.4, 0.5) is 0 Å². The van der Waals surface area contributed by atoms with Gasteiger partial charge in [-0.3, -0.25) is 0 Å². The van der Waals surface area contributed by atoms with Gasteiger partial charge in [0.15, 0.2) is 0 Å². The molecule has 0 saturated carbocycles. The van der Waals surface area contributed by atoms with Crippen LogP contribution in [0, 0.1) is 0 Å². The molecule has 0 bridgehead atoms. The van der Waals surface area contributed by atoms with E-state index >= 15 is 0 Å². The van der Waals surface area contributed by atoms with Crippen molar-refractivity contribution < 1.29 is 4.74 Å². The highest BCUT2D eigenvalue weighted by Gasteiger charge is 1.92. The van der Waals surface area contributed by atoms with Crippen LogP contribution in [0.5, 0.6) is 0 Å². The molecule has 0 amide bonds. The predicted octanol–water partition coefficient (Wildman–Crippen LogP) is 2.62. The summed E-state index contributed by atoms with van der Waals surface area (Å²) in [5, 5.41) is 9.63. The van der Waals surface area contributed by atoms with Crippen molar-refractivity contribution in [2.75, 3.05) is 26.8 Å². The summed E-state index contributed by atoms with van der Waals surface area (Å²) in [4.78, 5) is 0. The molecule has 0 unspecified atom stereocenters. The van der Waals surface area contributed by atoms with Crippen LogP contribution < -0.4 is 0 Å². The van der Waals surface area contributed by atoms with Gasteiger partial charge in [0.25, 0.3) is 0 Å². The molecule has 0 fully saturated rings. The third kappa shape index (κ3) is 11.4. The van der Waals surface area contributed by atoms with Crippen molar-refractivity contribution in [2.45, 2.75) is 34.2 Å². The van der Waals surface area contributed by atoms with Crippen molar-refractivity contribution in [3.05, 3.63) is 10.8 Å². The second-order valence-electron chi connectivity index (χ2n) is 3.07. The van der Waals surface area contributed by atoms with E-state index in [1.165, 1.54) is 5.57 Å². The van der Waals surface area contributed by atoms with E-state index in [9.17, 15) is 0 Å². The highest BCUT2D eigenvalue weighted by Crippen LogP contribution is 2.01. The molecule has 4 heteroatoms. The first-order chi connectivity index (χ1) is 7.22. The molecule has 0 radical (unpaired) electrons. The highest BCUT2D eigenvalue weighted by molar-refractivity contribution is 6.43. The molecule has 0 aliphatic heterocycles. The molecule has 0 rings (SSSR count). The standard InChI is InChI=1S/C9H20N2OSi.C2H6/c1-8(9(2)13-4)7-11-10-5-6-12-3;1-2/h5-7,13H2,1-4H3;1-2H3. The van der Waals surface area contributed by atoms with Crippen LogP contribution in [0.3, 0.4) is 0 Å². The maximum atomic E-state index is 4.86. The lowest BCUT2D eigenvalue weighted by Gasteiger charge is -2.00. The average Bonchev–Trinajstić information content (AvgIpc) is 2.30. The van der Waals surface area contributed by atoms with Gasteiger partial charge in [-0.2, -0.15) is 10.2 Å². The number of nitrogens with zero attached hydrogens (tertiary/aromatic N) is 2. The Balaban J connectivity index is 0. The van der Waals surface area contributed by atoms with Crippen LogP contribution in [-0.2, 0) is 4.74 Å². The Labute approximate surface area is 96.8 Å². The minimum absolute atomic E-state index is 0.000330. The van der Waals surface area contributed by atoms with Crippen LogP contribution >= 0.6 is 0 Å². The van der Waals surface area contributed by atoms with E-state index in [0.29, 0.717) is 13.2 Å². The third-order valence-corrected chi connectivity index (χ3v) is 3.73. The molecule has 0 saturated heterocycles. The second kappa shape index (κ2) is 13.5. The molecule has 90 valence electrons. The van der Waals surface area contributed by atoms with Crippen molar-refractivity contribution in [1.82, 2.24) is 0 Å². The van der Waals surface area contributed by atoms with E-state index in [2.05, 4.69) is 30.6 Å². The number of hydrogen-bond acceptors (Lipinski definition) is 3. The molecule has 0 heterocycles. The van der Waals surface area contributed by atoms with Crippen molar-refractivity contribution in [3.8, 4) is 0 Å². The Kier molecular flexibility index (Phi) is 15.3. The first-order valence-corrected chi connectivity index (χ1v) is 7.81. The summed E-state index contributed by atoms with van der Waals surface area (Å²) in [6, 6.07) is 0. The largest absolute Gasteiger partial charge is 0.383 e. The van der Waals surface area contributed by atoms with Gasteiger partial charge >= 0.3 is 0 Å². The first kappa shape index (κ1) is 16.9. The zero-order chi connectivity index (χ0) is 12.1. The Morgan fingerprint density at radius 3 is 2.27 bits per heavy atom. The summed E-state index contributed by atoms with van der Waals surface area (Å²) in [5.41, 5.74) is 1.38. The van der Waals surface area contributed by atoms with Crippen LogP contribution in [0.25, 0.3) is 0 Å². The average molecular weight is 230 g/mol. The number of methoxy groups -OCH3 is 1. The Morgan fingerprint density at radius 2 is 1.80 bits per heavy atom. The zero-order valence-electron chi connectivity index (χ0n) is 11.1. The number of azo groups is 1. The zero-order valence-corrected chi connectivity index (χ0v) is 12.5. The minimum Gasteiger partial charge on any atom is -0.383 e. The van der Waals surface area contributed by atoms with E-state index in [1.54, 1.807) is 12.3 Å². The maximum Gasteiger partial charge on any atom is 0.0832 e. The number of allylic oxidation sites excluding steroid dienone is 1. The SMILES string of the molecule is CC.COCCN=NCC(C)=C(C)[SiH2]C. The molecule has 0 aromatic carbocycles. The van der Waals surface area contributed by atoms with E-state index in [0.717, 1.165) is 6.54 Å². The summed E-state index contributed by atoms with van der Waals surface area (Å²) >= 11 is 0. The van der Waals surface area contributed by atoms with Gasteiger partial charge in [-0.1, -0.05) is 31.2 Å². The summed E-state index contributed by atoms with van der Waals surface area (Å²) < 4.78 is 4.86. The fourth-order valence-electron chi connectivity index (χ4n) is 0.796. The van der Waals surface area contributed by atoms with E-state index in [1.807, 2.05) is 13.8 Å². The van der Waals surface area contributed by atoms with Gasteiger partial charge in [0.1, 0.15) is 0 Å². The number of rotatable bonds is 6. The molecule has 0 aromatic rings. The minimum atomic E-state index is 0.000330. The lowest BCUT2D eigenvalue weighted by molar-refractivity contribution is 0.206. The summed E-state index contributed by atoms with van der Waals surface area (Å²) in [7, 11) is 1.67. The topological polar surface area (TPSA) is 34.0 Å². The quantitative estimate of drug-likeness (QED) is 0.392. The van der Waals surface area contributed by atoms with Gasteiger partial charge in [0.2, 0.25) is 0 Å². The monoisotopic (exact) mass is 230 g/mol. The normalized spacial score (nSPS) is 12.9. The van der Waals surface area contributed by atoms with Gasteiger partial charge in [0.05, 0.1) is 19.7 Å². The Hall–Kier alpha value is -0.483. The lowest BCUT2D eigenvalue weighted by atomic mass is 10.3. The van der Waals surface area contributed by atoms with Crippen molar-refractivity contribution in [2.24, 2.45) is 10.2 Å². The van der Waals surface area contributed by atoms with Gasteiger partial charge in [-0.15, -0.1) is 0 Å². The van der Waals surface area contributed by atoms with Crippen molar-refractivity contribution in [3.63, 3.8) is 0 Å². The summed E-state index contributed by atoms with van der Waals surface area (Å²) in [5.74, 6) is 0. The van der Waals surface area contributed by atoms with Crippen molar-refractivity contribution in [1.29, 1.82) is 0 Å². The molecule has 0 aromatic heterocycles. The molecule has 0 atom stereocenters. The third-order valence-electron chi connectivity index (χ3n) is 2.06. The van der Waals surface area contributed by atoms with E-state index < -0.39 is 0 Å². The predicted molar refractivity (Wildman–Crippen MR) is 70.6 cm³/mol. The molecule has 0 spiro atoms. The van der Waals surface area contributed by atoms with Gasteiger partial charge in [-0.25, -0.2) is 0 Å². The summed E-state index contributed by atoms with van der Waals surface area (Å²) in [6.07, 6.45) is 0. The number of hydrogen-bond donors (Lipinski definition) is 0. The molecule has 15 heavy (non-hydrogen) atoms. The van der Waals surface area contributed by atoms with Gasteiger partial charge in [-0.05, 0) is 13.8 Å². The van der Waals surface area contributed by atoms with Crippen molar-refractivity contribution >= 4 is 9.52 Å². The second-order valence-corrected chi connectivity index (χ2v) is 4.84. The smallest absolute Gasteiger partial charge is 0.0832 e. The van der Waals surface area contributed by atoms with Gasteiger partial charge < -0.3 is 4.74 Å². The molecular weight excluding hydrogens is 204 g/mol. The molecule has 0 aliphatic rings. The lowest BCUT2D eigenvalue weighted by Crippen LogP contribution is -1.95. The molecular formula is C11H26N2OSi. The van der Waals surface area contributed by atoms with E-state index in [4.69, 9.17) is 4.74 Å². The van der Waals surface area contributed by atoms with Gasteiger partial charge in [0, 0.05) is 16.6 Å². The fraction of sp³-hybridized carbons (Fsp3) is 0.818. The molecule has 0 aliphatic carbocycles. The Bertz CT molecular complexity index is 191. The Morgan fingerprint density at radius 1 is 1.20 bits per heavy atom. The van der Waals surface area contributed by atoms with Crippen LogP contribution in [0.2, 0.25) is 6.55 Å². The summed E-state index contributed by atoms with van der Waals surface area (Å²) in [6.45, 7) is 12.7. The highest BCUT2D eigenvalue weighted by atomic mass is 28.2. The first-order valence-electron chi connectivity index (χ1n) is 5.69. The maximum absolute atomic E-state index is 4.86. The van der Waals surface area contributed by atoms with Crippen LogP contribution in [0.15, 0.2) is 21.0 Å². The number of ether oxygens (including phenoxy) is 1. The van der Waals surface area contributed by atoms with Crippen LogP contribution in [0.1, 0.15) is 27.7 Å².